The summed E-state index contributed by atoms with van der Waals surface area (Å²) >= 11 is 6.03. The second-order valence-corrected chi connectivity index (χ2v) is 10.6. The van der Waals surface area contributed by atoms with Crippen molar-refractivity contribution in [2.75, 3.05) is 13.1 Å². The fraction of sp³-hybridized carbons (Fsp3) is 0.517. The number of nitrogens with zero attached hydrogens (tertiary/aromatic N) is 2. The van der Waals surface area contributed by atoms with E-state index in [0.717, 1.165) is 73.2 Å². The van der Waals surface area contributed by atoms with Crippen molar-refractivity contribution in [2.45, 2.75) is 76.8 Å². The third-order valence-electron chi connectivity index (χ3n) is 7.29. The zero-order valence-corrected chi connectivity index (χ0v) is 23.0. The summed E-state index contributed by atoms with van der Waals surface area (Å²) in [5, 5.41) is 11.3. The van der Waals surface area contributed by atoms with Gasteiger partial charge in [-0.2, -0.15) is 13.2 Å². The molecule has 2 heterocycles. The summed E-state index contributed by atoms with van der Waals surface area (Å²) in [5.74, 6) is 0.732. The number of aliphatic carboxylic acids is 1. The summed E-state index contributed by atoms with van der Waals surface area (Å²) in [6.45, 7) is 3.68. The Hall–Kier alpha value is -2.98. The first-order valence-electron chi connectivity index (χ1n) is 13.7. The van der Waals surface area contributed by atoms with Gasteiger partial charge in [0, 0.05) is 11.6 Å². The van der Waals surface area contributed by atoms with Crippen molar-refractivity contribution in [1.82, 2.24) is 14.9 Å². The minimum absolute atomic E-state index is 0.314. The van der Waals surface area contributed by atoms with Gasteiger partial charge in [0.25, 0.3) is 0 Å². The van der Waals surface area contributed by atoms with Crippen molar-refractivity contribution in [3.8, 4) is 11.5 Å². The molecule has 11 heteroatoms. The Morgan fingerprint density at radius 1 is 1.07 bits per heavy atom. The molecular weight excluding hydrogens is 547 g/mol. The number of rotatable bonds is 9. The molecule has 1 aliphatic carbocycles. The second kappa shape index (κ2) is 14.1. The number of nitrogens with one attached hydrogen (secondary N) is 1. The van der Waals surface area contributed by atoms with E-state index in [4.69, 9.17) is 36.0 Å². The van der Waals surface area contributed by atoms with E-state index in [-0.39, 0.29) is 0 Å². The van der Waals surface area contributed by atoms with Gasteiger partial charge in [-0.15, -0.1) is 0 Å². The molecule has 1 aliphatic heterocycles. The number of fused-ring (bicyclic) bond motifs is 1. The van der Waals surface area contributed by atoms with Crippen LogP contribution in [0.1, 0.15) is 57.2 Å². The molecule has 2 aromatic carbocycles. The first-order valence-corrected chi connectivity index (χ1v) is 14.1. The number of halogens is 4. The first kappa shape index (κ1) is 30.0. The lowest BCUT2D eigenvalue weighted by Gasteiger charge is -2.22. The Balaban J connectivity index is 0.000000470. The Labute approximate surface area is 236 Å². The molecule has 0 spiro atoms. The predicted molar refractivity (Wildman–Crippen MR) is 147 cm³/mol. The molecule has 2 fully saturated rings. The van der Waals surface area contributed by atoms with Crippen molar-refractivity contribution >= 4 is 28.6 Å². The van der Waals surface area contributed by atoms with Crippen LogP contribution in [0.5, 0.6) is 11.5 Å². The van der Waals surface area contributed by atoms with E-state index >= 15 is 0 Å². The standard InChI is InChI=1S/C27H34ClN3O2.C2HF3O2/c28-21-10-12-22(13-11-21)32-19-26-30-27-24(8-3-9-25(27)33-23-6-1-2-7-23)31(26)18-4-5-20-14-16-29-17-15-20;3-2(4,5)1(6)7/h3,8-13,20,23,29H,1-2,4-7,14-19H2;(H,6,7). The van der Waals surface area contributed by atoms with E-state index in [1.165, 1.54) is 32.1 Å². The third-order valence-corrected chi connectivity index (χ3v) is 7.55. The van der Waals surface area contributed by atoms with Crippen molar-refractivity contribution in [1.29, 1.82) is 0 Å². The highest BCUT2D eigenvalue weighted by molar-refractivity contribution is 6.30. The van der Waals surface area contributed by atoms with E-state index < -0.39 is 12.1 Å². The molecule has 0 unspecified atom stereocenters. The SMILES string of the molecule is Clc1ccc(OCc2nc3c(OC4CCCC4)cccc3n2CCCC2CCNCC2)cc1.O=C(O)C(F)(F)F. The molecule has 0 radical (unpaired) electrons. The molecular formula is C29H35ClF3N3O4. The average molecular weight is 582 g/mol. The summed E-state index contributed by atoms with van der Waals surface area (Å²) in [5.41, 5.74) is 2.10. The van der Waals surface area contributed by atoms with E-state index in [9.17, 15) is 13.2 Å². The molecule has 1 aromatic heterocycles. The van der Waals surface area contributed by atoms with E-state index in [0.29, 0.717) is 17.7 Å². The number of piperidine rings is 1. The normalized spacial score (nSPS) is 16.5. The number of carboxylic acids is 1. The Morgan fingerprint density at radius 3 is 2.40 bits per heavy atom. The summed E-state index contributed by atoms with van der Waals surface area (Å²) in [4.78, 5) is 13.9. The van der Waals surface area contributed by atoms with Gasteiger partial charge >= 0.3 is 12.1 Å². The molecule has 1 saturated heterocycles. The molecule has 0 amide bonds. The quantitative estimate of drug-likeness (QED) is 0.283. The minimum atomic E-state index is -5.08. The number of carboxylic acid groups (broad SMARTS) is 1. The van der Waals surface area contributed by atoms with E-state index in [2.05, 4.69) is 28.1 Å². The highest BCUT2D eigenvalue weighted by atomic mass is 35.5. The number of hydrogen-bond acceptors (Lipinski definition) is 5. The number of alkyl halides is 3. The van der Waals surface area contributed by atoms with Crippen molar-refractivity contribution < 1.29 is 32.5 Å². The maximum Gasteiger partial charge on any atom is 0.490 e. The fourth-order valence-electron chi connectivity index (χ4n) is 5.20. The van der Waals surface area contributed by atoms with Gasteiger partial charge < -0.3 is 24.5 Å². The van der Waals surface area contributed by atoms with Crippen LogP contribution in [0.3, 0.4) is 0 Å². The number of imidazole rings is 1. The lowest BCUT2D eigenvalue weighted by molar-refractivity contribution is -0.192. The zero-order chi connectivity index (χ0) is 28.5. The summed E-state index contributed by atoms with van der Waals surface area (Å²) < 4.78 is 46.6. The molecule has 3 aromatic rings. The van der Waals surface area contributed by atoms with Crippen LogP contribution < -0.4 is 14.8 Å². The molecule has 2 aliphatic rings. The number of hydrogen-bond donors (Lipinski definition) is 2. The lowest BCUT2D eigenvalue weighted by Crippen LogP contribution is -2.27. The topological polar surface area (TPSA) is 85.6 Å². The molecule has 5 rings (SSSR count). The van der Waals surface area contributed by atoms with Crippen LogP contribution in [-0.2, 0) is 17.9 Å². The number of aromatic nitrogens is 2. The van der Waals surface area contributed by atoms with Gasteiger partial charge in [0.1, 0.15) is 29.4 Å². The number of aryl methyl sites for hydroxylation is 1. The number of benzene rings is 2. The molecule has 1 saturated carbocycles. The molecule has 7 nitrogen and oxygen atoms in total. The lowest BCUT2D eigenvalue weighted by atomic mass is 9.93. The van der Waals surface area contributed by atoms with E-state index in [1.54, 1.807) is 0 Å². The van der Waals surface area contributed by atoms with Gasteiger partial charge in [0.2, 0.25) is 0 Å². The Bertz CT molecular complexity index is 1240. The fourth-order valence-corrected chi connectivity index (χ4v) is 5.32. The predicted octanol–water partition coefficient (Wildman–Crippen LogP) is 7.00. The average Bonchev–Trinajstić information content (AvgIpc) is 3.57. The van der Waals surface area contributed by atoms with Crippen molar-refractivity contribution in [3.63, 3.8) is 0 Å². The van der Waals surface area contributed by atoms with Crippen molar-refractivity contribution in [2.24, 2.45) is 5.92 Å². The highest BCUT2D eigenvalue weighted by Crippen LogP contribution is 2.31. The van der Waals surface area contributed by atoms with Crippen LogP contribution in [0.15, 0.2) is 42.5 Å². The molecule has 218 valence electrons. The number of carbonyl (C=O) groups is 1. The molecule has 2 N–H and O–H groups in total. The first-order chi connectivity index (χ1) is 19.2. The van der Waals surface area contributed by atoms with Crippen molar-refractivity contribution in [3.05, 3.63) is 53.3 Å². The zero-order valence-electron chi connectivity index (χ0n) is 22.3. The van der Waals surface area contributed by atoms with Gasteiger partial charge in [0.05, 0.1) is 11.6 Å². The number of para-hydroxylation sites is 1. The molecule has 40 heavy (non-hydrogen) atoms. The summed E-state index contributed by atoms with van der Waals surface area (Å²) in [6, 6.07) is 13.8. The van der Waals surface area contributed by atoms with Crippen LogP contribution in [-0.4, -0.2) is 46.0 Å². The second-order valence-electron chi connectivity index (χ2n) is 10.2. The van der Waals surface area contributed by atoms with E-state index in [1.807, 2.05) is 24.3 Å². The van der Waals surface area contributed by atoms with Gasteiger partial charge in [-0.1, -0.05) is 17.7 Å². The Kier molecular flexibility index (Phi) is 10.6. The minimum Gasteiger partial charge on any atom is -0.488 e. The van der Waals surface area contributed by atoms with Crippen LogP contribution in [0.2, 0.25) is 5.02 Å². The van der Waals surface area contributed by atoms with Gasteiger partial charge in [-0.25, -0.2) is 9.78 Å². The summed E-state index contributed by atoms with van der Waals surface area (Å²) in [6.07, 6.45) is 5.01. The smallest absolute Gasteiger partial charge is 0.488 e. The number of ether oxygens (including phenoxy) is 2. The molecule has 0 bridgehead atoms. The maximum atomic E-state index is 10.6. The van der Waals surface area contributed by atoms with Crippen LogP contribution >= 0.6 is 11.6 Å². The largest absolute Gasteiger partial charge is 0.490 e. The van der Waals surface area contributed by atoms with Gasteiger partial charge in [-0.3, -0.25) is 0 Å². The Morgan fingerprint density at radius 2 is 1.75 bits per heavy atom. The van der Waals surface area contributed by atoms with Crippen LogP contribution in [0, 0.1) is 5.92 Å². The third kappa shape index (κ3) is 8.51. The van der Waals surface area contributed by atoms with Crippen LogP contribution in [0.25, 0.3) is 11.0 Å². The van der Waals surface area contributed by atoms with Gasteiger partial charge in [-0.05, 0) is 107 Å². The maximum absolute atomic E-state index is 10.6. The van der Waals surface area contributed by atoms with Crippen LogP contribution in [0.4, 0.5) is 13.2 Å². The molecule has 0 atom stereocenters. The monoisotopic (exact) mass is 581 g/mol. The highest BCUT2D eigenvalue weighted by Gasteiger charge is 2.38. The van der Waals surface area contributed by atoms with Gasteiger partial charge in [0.15, 0.2) is 0 Å². The summed E-state index contributed by atoms with van der Waals surface area (Å²) in [7, 11) is 0.